The average Bonchev–Trinajstić information content (AvgIpc) is 3.36. The van der Waals surface area contributed by atoms with Crippen molar-refractivity contribution in [1.29, 1.82) is 0 Å². The van der Waals surface area contributed by atoms with Crippen molar-refractivity contribution in [3.8, 4) is 0 Å². The zero-order valence-electron chi connectivity index (χ0n) is 16.7. The van der Waals surface area contributed by atoms with Gasteiger partial charge in [-0.15, -0.1) is 11.3 Å². The van der Waals surface area contributed by atoms with Gasteiger partial charge in [-0.3, -0.25) is 13.9 Å². The van der Waals surface area contributed by atoms with Crippen molar-refractivity contribution in [1.82, 2.24) is 24.0 Å². The number of aromatic nitrogens is 4. The van der Waals surface area contributed by atoms with Crippen LogP contribution in [0, 0.1) is 0 Å². The number of nitrogens with zero attached hydrogens (tertiary/aromatic N) is 6. The van der Waals surface area contributed by atoms with Crippen molar-refractivity contribution >= 4 is 44.3 Å². The number of carbonyl (C=O) groups is 1. The van der Waals surface area contributed by atoms with Crippen LogP contribution in [0.2, 0.25) is 0 Å². The summed E-state index contributed by atoms with van der Waals surface area (Å²) in [6.45, 7) is 5.21. The molecule has 1 aliphatic heterocycles. The second kappa shape index (κ2) is 7.56. The van der Waals surface area contributed by atoms with E-state index in [-0.39, 0.29) is 18.1 Å². The lowest BCUT2D eigenvalue weighted by molar-refractivity contribution is -0.132. The zero-order chi connectivity index (χ0) is 20.7. The first kappa shape index (κ1) is 18.8. The molecular formula is C21H22N6O2S. The molecule has 0 radical (unpaired) electrons. The first-order valence-corrected chi connectivity index (χ1v) is 10.9. The molecule has 0 aliphatic carbocycles. The van der Waals surface area contributed by atoms with E-state index >= 15 is 0 Å². The third-order valence-electron chi connectivity index (χ3n) is 5.71. The smallest absolute Gasteiger partial charge is 0.329 e. The van der Waals surface area contributed by atoms with E-state index in [2.05, 4.69) is 14.9 Å². The molecule has 3 aromatic heterocycles. The number of hydrogen-bond donors (Lipinski definition) is 0. The number of rotatable bonds is 4. The van der Waals surface area contributed by atoms with E-state index in [9.17, 15) is 9.59 Å². The monoisotopic (exact) mass is 422 g/mol. The summed E-state index contributed by atoms with van der Waals surface area (Å²) in [5.74, 6) is 0.898. The molecule has 1 aliphatic rings. The summed E-state index contributed by atoms with van der Waals surface area (Å²) in [4.78, 5) is 39.6. The molecule has 1 amide bonds. The van der Waals surface area contributed by atoms with E-state index in [0.717, 1.165) is 27.1 Å². The van der Waals surface area contributed by atoms with Gasteiger partial charge in [0.1, 0.15) is 23.5 Å². The number of piperazine rings is 1. The Morgan fingerprint density at radius 3 is 2.50 bits per heavy atom. The van der Waals surface area contributed by atoms with Crippen molar-refractivity contribution < 1.29 is 4.79 Å². The van der Waals surface area contributed by atoms with Crippen LogP contribution < -0.4 is 10.6 Å². The van der Waals surface area contributed by atoms with Gasteiger partial charge < -0.3 is 9.80 Å². The molecule has 0 bridgehead atoms. The van der Waals surface area contributed by atoms with Crippen LogP contribution in [0.4, 0.5) is 5.82 Å². The molecule has 1 saturated heterocycles. The van der Waals surface area contributed by atoms with Crippen molar-refractivity contribution in [2.24, 2.45) is 0 Å². The second-order valence-corrected chi connectivity index (χ2v) is 8.20. The minimum atomic E-state index is -0.133. The van der Waals surface area contributed by atoms with Crippen LogP contribution in [0.5, 0.6) is 0 Å². The van der Waals surface area contributed by atoms with Crippen LogP contribution in [0.3, 0.4) is 0 Å². The topological polar surface area (TPSA) is 76.3 Å². The Kier molecular flexibility index (Phi) is 4.74. The number of carbonyl (C=O) groups excluding carboxylic acids is 1. The number of imidazole rings is 1. The molecule has 9 heteroatoms. The standard InChI is InChI=1S/C21H22N6O2S/c1-2-26-16-5-3-4-6-17(16)27(21(26)29)13-18(28)24-8-10-25(11-9-24)19-15-7-12-30-20(15)23-14-22-19/h3-7,12,14H,2,8-11,13H2,1H3. The van der Waals surface area contributed by atoms with E-state index in [1.165, 1.54) is 0 Å². The lowest BCUT2D eigenvalue weighted by Gasteiger charge is -2.35. The molecule has 0 spiro atoms. The van der Waals surface area contributed by atoms with Gasteiger partial charge in [-0.25, -0.2) is 14.8 Å². The molecular weight excluding hydrogens is 400 g/mol. The summed E-state index contributed by atoms with van der Waals surface area (Å²) < 4.78 is 3.30. The molecule has 8 nitrogen and oxygen atoms in total. The van der Waals surface area contributed by atoms with E-state index in [1.807, 2.05) is 47.5 Å². The molecule has 4 heterocycles. The van der Waals surface area contributed by atoms with Crippen LogP contribution in [0.15, 0.2) is 46.8 Å². The maximum atomic E-state index is 13.0. The van der Waals surface area contributed by atoms with E-state index < -0.39 is 0 Å². The number of anilines is 1. The molecule has 154 valence electrons. The quantitative estimate of drug-likeness (QED) is 0.504. The molecule has 4 aromatic rings. The van der Waals surface area contributed by atoms with E-state index in [4.69, 9.17) is 0 Å². The van der Waals surface area contributed by atoms with Crippen LogP contribution in [0.1, 0.15) is 6.92 Å². The maximum absolute atomic E-state index is 13.0. The van der Waals surface area contributed by atoms with Gasteiger partial charge in [-0.05, 0) is 30.5 Å². The predicted molar refractivity (Wildman–Crippen MR) is 118 cm³/mol. The Balaban J connectivity index is 1.32. The minimum Gasteiger partial charge on any atom is -0.352 e. The summed E-state index contributed by atoms with van der Waals surface area (Å²) in [6, 6.07) is 9.68. The predicted octanol–water partition coefficient (Wildman–Crippen LogP) is 2.18. The Morgan fingerprint density at radius 1 is 1.03 bits per heavy atom. The van der Waals surface area contributed by atoms with Gasteiger partial charge in [0, 0.05) is 32.7 Å². The molecule has 0 unspecified atom stereocenters. The molecule has 1 fully saturated rings. The number of thiophene rings is 1. The highest BCUT2D eigenvalue weighted by molar-refractivity contribution is 7.16. The van der Waals surface area contributed by atoms with Crippen LogP contribution >= 0.6 is 11.3 Å². The number of aryl methyl sites for hydroxylation is 1. The summed E-state index contributed by atoms with van der Waals surface area (Å²) >= 11 is 1.60. The lowest BCUT2D eigenvalue weighted by atomic mass is 10.2. The molecule has 0 atom stereocenters. The van der Waals surface area contributed by atoms with Gasteiger partial charge in [0.2, 0.25) is 5.91 Å². The summed E-state index contributed by atoms with van der Waals surface area (Å²) in [7, 11) is 0. The molecule has 0 saturated carbocycles. The van der Waals surface area contributed by atoms with Crippen molar-refractivity contribution in [2.45, 2.75) is 20.0 Å². The summed E-state index contributed by atoms with van der Waals surface area (Å²) in [5.41, 5.74) is 1.54. The van der Waals surface area contributed by atoms with Crippen molar-refractivity contribution in [3.63, 3.8) is 0 Å². The van der Waals surface area contributed by atoms with Gasteiger partial charge >= 0.3 is 5.69 Å². The number of fused-ring (bicyclic) bond motifs is 2. The summed E-state index contributed by atoms with van der Waals surface area (Å²) in [5, 5.41) is 3.08. The Hall–Kier alpha value is -3.20. The van der Waals surface area contributed by atoms with Crippen LogP contribution in [-0.2, 0) is 17.9 Å². The third kappa shape index (κ3) is 3.06. The number of benzene rings is 1. The van der Waals surface area contributed by atoms with E-state index in [0.29, 0.717) is 32.7 Å². The van der Waals surface area contributed by atoms with Gasteiger partial charge in [0.15, 0.2) is 0 Å². The minimum absolute atomic E-state index is 0.0286. The van der Waals surface area contributed by atoms with Crippen LogP contribution in [-0.4, -0.2) is 56.1 Å². The maximum Gasteiger partial charge on any atom is 0.329 e. The van der Waals surface area contributed by atoms with Crippen molar-refractivity contribution in [3.05, 3.63) is 52.5 Å². The highest BCUT2D eigenvalue weighted by atomic mass is 32.1. The average molecular weight is 423 g/mol. The molecule has 0 N–H and O–H groups in total. The Labute approximate surface area is 177 Å². The molecule has 5 rings (SSSR count). The Bertz CT molecular complexity index is 1280. The largest absolute Gasteiger partial charge is 0.352 e. The van der Waals surface area contributed by atoms with Crippen LogP contribution in [0.25, 0.3) is 21.3 Å². The van der Waals surface area contributed by atoms with Gasteiger partial charge in [0.25, 0.3) is 0 Å². The first-order valence-electron chi connectivity index (χ1n) is 10.1. The fraction of sp³-hybridized carbons (Fsp3) is 0.333. The van der Waals surface area contributed by atoms with Gasteiger partial charge in [-0.2, -0.15) is 0 Å². The molecule has 1 aromatic carbocycles. The number of amides is 1. The SMILES string of the molecule is CCn1c(=O)n(CC(=O)N2CCN(c3ncnc4sccc34)CC2)c2ccccc21. The highest BCUT2D eigenvalue weighted by Crippen LogP contribution is 2.27. The zero-order valence-corrected chi connectivity index (χ0v) is 17.5. The van der Waals surface area contributed by atoms with E-state index in [1.54, 1.807) is 26.8 Å². The van der Waals surface area contributed by atoms with Gasteiger partial charge in [-0.1, -0.05) is 12.1 Å². The number of hydrogen-bond acceptors (Lipinski definition) is 6. The lowest BCUT2D eigenvalue weighted by Crippen LogP contribution is -2.50. The fourth-order valence-corrected chi connectivity index (χ4v) is 4.89. The summed E-state index contributed by atoms with van der Waals surface area (Å²) in [6.07, 6.45) is 1.60. The second-order valence-electron chi connectivity index (χ2n) is 7.31. The fourth-order valence-electron chi connectivity index (χ4n) is 4.16. The van der Waals surface area contributed by atoms with Crippen molar-refractivity contribution in [2.75, 3.05) is 31.1 Å². The van der Waals surface area contributed by atoms with Gasteiger partial charge in [0.05, 0.1) is 16.4 Å². The Morgan fingerprint density at radius 2 is 1.77 bits per heavy atom. The normalized spacial score (nSPS) is 14.7. The first-order chi connectivity index (χ1) is 14.7. The highest BCUT2D eigenvalue weighted by Gasteiger charge is 2.24. The third-order valence-corrected chi connectivity index (χ3v) is 6.53. The molecule has 30 heavy (non-hydrogen) atoms. The number of para-hydroxylation sites is 2.